The molecule has 12 heteroatoms. The summed E-state index contributed by atoms with van der Waals surface area (Å²) >= 11 is 0. The molecule has 0 aromatic carbocycles. The van der Waals surface area contributed by atoms with E-state index < -0.39 is 54.9 Å². The maximum atomic E-state index is 12.4. The number of sulfonamides is 2. The first-order chi connectivity index (χ1) is 16.0. The predicted octanol–water partition coefficient (Wildman–Crippen LogP) is 2.61. The van der Waals surface area contributed by atoms with Crippen molar-refractivity contribution in [3.05, 3.63) is 12.2 Å². The molecule has 0 heterocycles. The smallest absolute Gasteiger partial charge is 0.331 e. The highest BCUT2D eigenvalue weighted by Crippen LogP contribution is 2.17. The Bertz CT molecular complexity index is 879. The molecular formula is C24H46N2O8S2. The number of esters is 2. The number of ether oxygens (including phenoxy) is 2. The lowest BCUT2D eigenvalue weighted by molar-refractivity contribution is -0.141. The highest BCUT2D eigenvalue weighted by molar-refractivity contribution is 7.89. The molecule has 0 spiro atoms. The lowest BCUT2D eigenvalue weighted by atomic mass is 10.0. The highest BCUT2D eigenvalue weighted by atomic mass is 32.2. The second kappa shape index (κ2) is 13.9. The first-order valence-electron chi connectivity index (χ1n) is 12.0. The molecule has 2 atom stereocenters. The van der Waals surface area contributed by atoms with Gasteiger partial charge in [-0.15, -0.1) is 0 Å². The molecule has 0 saturated carbocycles. The van der Waals surface area contributed by atoms with Crippen LogP contribution in [0.25, 0.3) is 0 Å². The van der Waals surface area contributed by atoms with Crippen molar-refractivity contribution in [3.63, 3.8) is 0 Å². The lowest BCUT2D eigenvalue weighted by Gasteiger charge is -2.25. The van der Waals surface area contributed by atoms with Crippen molar-refractivity contribution in [2.45, 2.75) is 81.3 Å². The molecule has 0 fully saturated rings. The van der Waals surface area contributed by atoms with Crippen molar-refractivity contribution < 1.29 is 35.9 Å². The largest absolute Gasteiger partial charge is 0.461 e. The van der Waals surface area contributed by atoms with Gasteiger partial charge >= 0.3 is 11.9 Å². The number of hydrogen-bond acceptors (Lipinski definition) is 8. The molecule has 0 rings (SSSR count). The summed E-state index contributed by atoms with van der Waals surface area (Å²) in [5.41, 5.74) is -0.873. The van der Waals surface area contributed by atoms with Gasteiger partial charge in [0.25, 0.3) is 0 Å². The fourth-order valence-corrected chi connectivity index (χ4v) is 7.04. The van der Waals surface area contributed by atoms with Crippen LogP contribution in [0.5, 0.6) is 0 Å². The minimum atomic E-state index is -3.59. The molecule has 36 heavy (non-hydrogen) atoms. The second-order valence-corrected chi connectivity index (χ2v) is 15.7. The van der Waals surface area contributed by atoms with Gasteiger partial charge in [0.2, 0.25) is 20.0 Å². The van der Waals surface area contributed by atoms with Crippen molar-refractivity contribution in [3.8, 4) is 0 Å². The van der Waals surface area contributed by atoms with Crippen LogP contribution in [0.15, 0.2) is 12.2 Å². The van der Waals surface area contributed by atoms with E-state index in [2.05, 4.69) is 9.44 Å². The molecule has 0 amide bonds. The van der Waals surface area contributed by atoms with E-state index >= 15 is 0 Å². The average Bonchev–Trinajstić information content (AvgIpc) is 2.62. The van der Waals surface area contributed by atoms with E-state index in [1.54, 1.807) is 27.7 Å². The summed E-state index contributed by atoms with van der Waals surface area (Å²) in [4.78, 5) is 24.1. The van der Waals surface area contributed by atoms with E-state index in [0.717, 1.165) is 12.2 Å². The maximum Gasteiger partial charge on any atom is 0.331 e. The van der Waals surface area contributed by atoms with Gasteiger partial charge in [-0.05, 0) is 22.7 Å². The summed E-state index contributed by atoms with van der Waals surface area (Å²) in [6.45, 7) is 17.6. The van der Waals surface area contributed by atoms with Crippen molar-refractivity contribution in [2.75, 3.05) is 24.7 Å². The van der Waals surface area contributed by atoms with Crippen LogP contribution in [-0.2, 0) is 39.1 Å². The lowest BCUT2D eigenvalue weighted by Crippen LogP contribution is -2.45. The zero-order valence-electron chi connectivity index (χ0n) is 23.4. The molecule has 0 bridgehead atoms. The van der Waals surface area contributed by atoms with Gasteiger partial charge in [0.1, 0.15) is 13.2 Å². The predicted molar refractivity (Wildman–Crippen MR) is 141 cm³/mol. The Morgan fingerprint density at radius 2 is 0.944 bits per heavy atom. The Morgan fingerprint density at radius 3 is 1.17 bits per heavy atom. The molecule has 0 aliphatic rings. The van der Waals surface area contributed by atoms with E-state index in [1.165, 1.54) is 0 Å². The summed E-state index contributed by atoms with van der Waals surface area (Å²) in [5.74, 6) is -2.11. The molecule has 212 valence electrons. The fraction of sp³-hybridized carbons (Fsp3) is 0.833. The summed E-state index contributed by atoms with van der Waals surface area (Å²) in [5, 5.41) is 0. The first kappa shape index (κ1) is 34.5. The monoisotopic (exact) mass is 554 g/mol. The van der Waals surface area contributed by atoms with Crippen LogP contribution in [0.4, 0.5) is 0 Å². The van der Waals surface area contributed by atoms with Gasteiger partial charge in [-0.25, -0.2) is 35.9 Å². The fourth-order valence-electron chi connectivity index (χ4n) is 2.99. The van der Waals surface area contributed by atoms with Gasteiger partial charge in [-0.1, -0.05) is 69.2 Å². The molecule has 10 nitrogen and oxygen atoms in total. The van der Waals surface area contributed by atoms with E-state index in [4.69, 9.17) is 9.47 Å². The molecule has 0 aliphatic heterocycles. The van der Waals surface area contributed by atoms with Gasteiger partial charge < -0.3 is 9.47 Å². The number of carbonyl (C=O) groups excluding carboxylic acids is 2. The molecule has 0 unspecified atom stereocenters. The number of rotatable bonds is 14. The molecule has 0 aliphatic carbocycles. The van der Waals surface area contributed by atoms with Gasteiger partial charge in [0.15, 0.2) is 0 Å². The minimum Gasteiger partial charge on any atom is -0.461 e. The summed E-state index contributed by atoms with van der Waals surface area (Å²) in [6.07, 6.45) is 1.77. The summed E-state index contributed by atoms with van der Waals surface area (Å²) < 4.78 is 64.9. The minimum absolute atomic E-state index is 0.0767. The van der Waals surface area contributed by atoms with Crippen molar-refractivity contribution in [1.29, 1.82) is 0 Å². The summed E-state index contributed by atoms with van der Waals surface area (Å²) in [7, 11) is -7.17. The third-order valence-corrected chi connectivity index (χ3v) is 8.50. The quantitative estimate of drug-likeness (QED) is 0.246. The Balaban J connectivity index is 4.89. The third-order valence-electron chi connectivity index (χ3n) is 4.68. The normalized spacial score (nSPS) is 15.3. The Hall–Kier alpha value is -1.50. The van der Waals surface area contributed by atoms with E-state index in [9.17, 15) is 26.4 Å². The van der Waals surface area contributed by atoms with Crippen LogP contribution in [0, 0.1) is 22.7 Å². The van der Waals surface area contributed by atoms with Crippen molar-refractivity contribution >= 4 is 32.0 Å². The molecule has 0 radical (unpaired) electrons. The number of carbonyl (C=O) groups is 2. The molecular weight excluding hydrogens is 508 g/mol. The second-order valence-electron chi connectivity index (χ2n) is 12.2. The van der Waals surface area contributed by atoms with Crippen LogP contribution >= 0.6 is 0 Å². The SMILES string of the molecule is CC(C)[C@H](COC(=O)/C=C/C(=O)OC[C@H](NS(=O)(=O)CC(C)(C)C)C(C)C)NS(=O)(=O)CC(C)(C)C. The molecule has 0 saturated heterocycles. The zero-order valence-corrected chi connectivity index (χ0v) is 25.0. The van der Waals surface area contributed by atoms with Crippen molar-refractivity contribution in [1.82, 2.24) is 9.44 Å². The number of hydrogen-bond donors (Lipinski definition) is 2. The third kappa shape index (κ3) is 17.0. The van der Waals surface area contributed by atoms with Crippen LogP contribution in [0.1, 0.15) is 69.2 Å². The van der Waals surface area contributed by atoms with Crippen LogP contribution in [-0.4, -0.2) is 65.6 Å². The topological polar surface area (TPSA) is 145 Å². The van der Waals surface area contributed by atoms with Crippen LogP contribution in [0.2, 0.25) is 0 Å². The first-order valence-corrected chi connectivity index (χ1v) is 15.3. The average molecular weight is 555 g/mol. The standard InChI is InChI=1S/C24H46N2O8S2/c1-17(2)19(25-35(29,30)15-23(5,6)7)13-33-21(27)11-12-22(28)34-14-20(18(3)4)26-36(31,32)16-24(8,9)10/h11-12,17-20,25-26H,13-16H2,1-10H3/b12-11+/t19-,20-/m0/s1. The van der Waals surface area contributed by atoms with Crippen LogP contribution < -0.4 is 9.44 Å². The van der Waals surface area contributed by atoms with Gasteiger partial charge in [-0.2, -0.15) is 0 Å². The maximum absolute atomic E-state index is 12.4. The van der Waals surface area contributed by atoms with Gasteiger partial charge in [0.05, 0.1) is 23.6 Å². The zero-order chi connectivity index (χ0) is 28.5. The van der Waals surface area contributed by atoms with Crippen LogP contribution in [0.3, 0.4) is 0 Å². The Morgan fingerprint density at radius 1 is 0.667 bits per heavy atom. The molecule has 0 aromatic heterocycles. The van der Waals surface area contributed by atoms with Gasteiger partial charge in [0, 0.05) is 12.2 Å². The Kier molecular flexibility index (Phi) is 13.3. The summed E-state index contributed by atoms with van der Waals surface area (Å²) in [6, 6.07) is -1.26. The highest BCUT2D eigenvalue weighted by Gasteiger charge is 2.28. The molecule has 2 N–H and O–H groups in total. The van der Waals surface area contributed by atoms with E-state index in [0.29, 0.717) is 0 Å². The number of nitrogens with one attached hydrogen (secondary N) is 2. The molecule has 0 aromatic rings. The van der Waals surface area contributed by atoms with E-state index in [-0.39, 0.29) is 36.6 Å². The van der Waals surface area contributed by atoms with Crippen molar-refractivity contribution in [2.24, 2.45) is 22.7 Å². The van der Waals surface area contributed by atoms with Gasteiger partial charge in [-0.3, -0.25) is 0 Å². The van der Waals surface area contributed by atoms with E-state index in [1.807, 2.05) is 41.5 Å². The Labute approximate surface area is 218 Å².